The van der Waals surface area contributed by atoms with Crippen LogP contribution in [0.25, 0.3) is 0 Å². The van der Waals surface area contributed by atoms with Crippen LogP contribution in [0.2, 0.25) is 5.02 Å². The number of hydrogen-bond donors (Lipinski definition) is 1. The molecule has 1 aliphatic heterocycles. The molecule has 1 aromatic heterocycles. The molecule has 0 radical (unpaired) electrons. The summed E-state index contributed by atoms with van der Waals surface area (Å²) in [5.41, 5.74) is 5.96. The number of aromatic nitrogens is 1. The maximum absolute atomic E-state index is 12.6. The van der Waals surface area contributed by atoms with Crippen LogP contribution in [-0.2, 0) is 15.0 Å². The van der Waals surface area contributed by atoms with E-state index >= 15 is 0 Å². The first kappa shape index (κ1) is 14.0. The molecule has 1 aliphatic rings. The van der Waals surface area contributed by atoms with Crippen molar-refractivity contribution in [2.24, 2.45) is 5.92 Å². The molecule has 1 amide bonds. The van der Waals surface area contributed by atoms with Gasteiger partial charge in [0, 0.05) is 25.1 Å². The van der Waals surface area contributed by atoms with E-state index in [-0.39, 0.29) is 24.7 Å². The van der Waals surface area contributed by atoms with Crippen molar-refractivity contribution in [1.29, 1.82) is 0 Å². The third-order valence-corrected chi connectivity index (χ3v) is 3.87. The van der Waals surface area contributed by atoms with Crippen LogP contribution in [0.3, 0.4) is 0 Å². The van der Waals surface area contributed by atoms with Crippen LogP contribution in [-0.4, -0.2) is 31.6 Å². The summed E-state index contributed by atoms with van der Waals surface area (Å²) in [6, 6.07) is 1.47. The van der Waals surface area contributed by atoms with E-state index in [4.69, 9.17) is 17.3 Å². The number of anilines is 2. The van der Waals surface area contributed by atoms with Gasteiger partial charge in [-0.05, 0) is 6.07 Å². The van der Waals surface area contributed by atoms with Crippen molar-refractivity contribution >= 4 is 39.2 Å². The van der Waals surface area contributed by atoms with Crippen LogP contribution < -0.4 is 10.6 Å². The van der Waals surface area contributed by atoms with Gasteiger partial charge in [-0.2, -0.15) is 8.42 Å². The Morgan fingerprint density at radius 1 is 1.58 bits per heavy atom. The molecule has 1 fully saturated rings. The average molecular weight is 308 g/mol. The van der Waals surface area contributed by atoms with E-state index in [1.165, 1.54) is 17.2 Å². The Hall–Kier alpha value is -1.41. The number of nitrogens with two attached hydrogens (primary N) is 1. The van der Waals surface area contributed by atoms with Gasteiger partial charge >= 0.3 is 10.2 Å². The molecule has 0 aromatic carbocycles. The Labute approximate surface area is 114 Å². The lowest BCUT2D eigenvalue weighted by Crippen LogP contribution is -2.26. The quantitative estimate of drug-likeness (QED) is 0.840. The number of amides is 1. The zero-order chi connectivity index (χ0) is 14.2. The van der Waals surface area contributed by atoms with Crippen molar-refractivity contribution < 1.29 is 17.1 Å². The molecule has 2 rings (SSSR count). The lowest BCUT2D eigenvalue weighted by Gasteiger charge is -2.18. The van der Waals surface area contributed by atoms with Crippen LogP contribution >= 0.6 is 11.6 Å². The number of pyridine rings is 1. The summed E-state index contributed by atoms with van der Waals surface area (Å²) in [5.74, 6) is -1.49. The SMILES string of the molecule is Nc1ncc(Cl)cc1N1CC(CS(=O)(=O)F)CC1=O. The zero-order valence-electron chi connectivity index (χ0n) is 9.71. The minimum Gasteiger partial charge on any atom is -0.382 e. The number of carbonyl (C=O) groups excluding carboxylic acids is 1. The summed E-state index contributed by atoms with van der Waals surface area (Å²) >= 11 is 5.77. The first-order valence-corrected chi connectivity index (χ1v) is 7.33. The molecule has 1 atom stereocenters. The highest BCUT2D eigenvalue weighted by Crippen LogP contribution is 2.31. The molecule has 19 heavy (non-hydrogen) atoms. The average Bonchev–Trinajstić information content (AvgIpc) is 2.60. The van der Waals surface area contributed by atoms with Crippen molar-refractivity contribution in [3.8, 4) is 0 Å². The summed E-state index contributed by atoms with van der Waals surface area (Å²) < 4.78 is 33.8. The van der Waals surface area contributed by atoms with Crippen molar-refractivity contribution in [3.63, 3.8) is 0 Å². The molecule has 0 spiro atoms. The highest BCUT2D eigenvalue weighted by atomic mass is 35.5. The van der Waals surface area contributed by atoms with Gasteiger partial charge in [0.15, 0.2) is 0 Å². The molecule has 1 saturated heterocycles. The topological polar surface area (TPSA) is 93.4 Å². The molecule has 6 nitrogen and oxygen atoms in total. The lowest BCUT2D eigenvalue weighted by molar-refractivity contribution is -0.117. The number of nitrogen functional groups attached to an aromatic ring is 1. The van der Waals surface area contributed by atoms with Gasteiger partial charge in [0.05, 0.1) is 16.5 Å². The lowest BCUT2D eigenvalue weighted by atomic mass is 10.1. The van der Waals surface area contributed by atoms with Crippen LogP contribution in [0.1, 0.15) is 6.42 Å². The predicted octanol–water partition coefficient (Wildman–Crippen LogP) is 0.969. The van der Waals surface area contributed by atoms with E-state index in [9.17, 15) is 17.1 Å². The van der Waals surface area contributed by atoms with E-state index in [1.807, 2.05) is 0 Å². The Morgan fingerprint density at radius 2 is 2.26 bits per heavy atom. The smallest absolute Gasteiger partial charge is 0.302 e. The summed E-state index contributed by atoms with van der Waals surface area (Å²) in [6.45, 7) is 0.0776. The van der Waals surface area contributed by atoms with Crippen molar-refractivity contribution in [2.45, 2.75) is 6.42 Å². The van der Waals surface area contributed by atoms with Crippen LogP contribution in [0.15, 0.2) is 12.3 Å². The van der Waals surface area contributed by atoms with Gasteiger partial charge in [0.25, 0.3) is 0 Å². The molecule has 9 heteroatoms. The molecular weight excluding hydrogens is 297 g/mol. The third kappa shape index (κ3) is 3.32. The molecule has 1 aromatic rings. The molecule has 0 aliphatic carbocycles. The van der Waals surface area contributed by atoms with E-state index < -0.39 is 21.9 Å². The number of halogens is 2. The minimum atomic E-state index is -4.61. The monoisotopic (exact) mass is 307 g/mol. The second-order valence-corrected chi connectivity index (χ2v) is 6.19. The Bertz CT molecular complexity index is 622. The number of nitrogens with zero attached hydrogens (tertiary/aromatic N) is 2. The maximum atomic E-state index is 12.6. The highest BCUT2D eigenvalue weighted by molar-refractivity contribution is 7.86. The van der Waals surface area contributed by atoms with Gasteiger partial charge in [-0.3, -0.25) is 4.79 Å². The van der Waals surface area contributed by atoms with Crippen molar-refractivity contribution in [2.75, 3.05) is 22.9 Å². The van der Waals surface area contributed by atoms with E-state index in [2.05, 4.69) is 4.98 Å². The first-order valence-electron chi connectivity index (χ1n) is 5.40. The number of rotatable bonds is 3. The third-order valence-electron chi connectivity index (χ3n) is 2.79. The fourth-order valence-electron chi connectivity index (χ4n) is 2.06. The van der Waals surface area contributed by atoms with Gasteiger partial charge in [0.1, 0.15) is 5.82 Å². The summed E-state index contributed by atoms with van der Waals surface area (Å²) in [7, 11) is -4.61. The largest absolute Gasteiger partial charge is 0.382 e. The summed E-state index contributed by atoms with van der Waals surface area (Å²) in [5, 5.41) is 0.304. The number of carbonyl (C=O) groups is 1. The molecule has 104 valence electrons. The van der Waals surface area contributed by atoms with E-state index in [0.717, 1.165) is 0 Å². The molecule has 0 saturated carbocycles. The fraction of sp³-hybridized carbons (Fsp3) is 0.400. The maximum Gasteiger partial charge on any atom is 0.302 e. The normalized spacial score (nSPS) is 20.0. The van der Waals surface area contributed by atoms with Gasteiger partial charge in [0.2, 0.25) is 5.91 Å². The Morgan fingerprint density at radius 3 is 2.89 bits per heavy atom. The Kier molecular flexibility index (Phi) is 3.64. The van der Waals surface area contributed by atoms with Crippen molar-refractivity contribution in [3.05, 3.63) is 17.3 Å². The first-order chi connectivity index (χ1) is 8.76. The Balaban J connectivity index is 2.23. The van der Waals surface area contributed by atoms with E-state index in [0.29, 0.717) is 10.7 Å². The molecular formula is C10H11ClFN3O3S. The second-order valence-electron chi connectivity index (χ2n) is 4.34. The molecule has 0 bridgehead atoms. The zero-order valence-corrected chi connectivity index (χ0v) is 11.3. The van der Waals surface area contributed by atoms with Gasteiger partial charge < -0.3 is 10.6 Å². The molecule has 2 heterocycles. The van der Waals surface area contributed by atoms with E-state index in [1.54, 1.807) is 0 Å². The van der Waals surface area contributed by atoms with Crippen molar-refractivity contribution in [1.82, 2.24) is 4.98 Å². The predicted molar refractivity (Wildman–Crippen MR) is 69.0 cm³/mol. The van der Waals surface area contributed by atoms with Gasteiger partial charge in [-0.25, -0.2) is 4.98 Å². The standard InChI is InChI=1S/C10H11ClFN3O3S/c11-7-2-8(10(13)14-3-7)15-4-6(1-9(15)16)5-19(12,17)18/h2-3,6H,1,4-5H2,(H2,13,14). The fourth-order valence-corrected chi connectivity index (χ4v) is 3.00. The van der Waals surface area contributed by atoms with Crippen LogP contribution in [0.4, 0.5) is 15.4 Å². The van der Waals surface area contributed by atoms with Gasteiger partial charge in [-0.15, -0.1) is 3.89 Å². The molecule has 1 unspecified atom stereocenters. The van der Waals surface area contributed by atoms with Crippen LogP contribution in [0, 0.1) is 5.92 Å². The molecule has 2 N–H and O–H groups in total. The minimum absolute atomic E-state index is 0.0465. The summed E-state index contributed by atoms with van der Waals surface area (Å²) in [4.78, 5) is 16.9. The number of hydrogen-bond acceptors (Lipinski definition) is 5. The second kappa shape index (κ2) is 4.93. The van der Waals surface area contributed by atoms with Gasteiger partial charge in [-0.1, -0.05) is 11.6 Å². The highest BCUT2D eigenvalue weighted by Gasteiger charge is 2.34. The summed E-state index contributed by atoms with van der Waals surface area (Å²) in [6.07, 6.45) is 1.29. The van der Waals surface area contributed by atoms with Crippen LogP contribution in [0.5, 0.6) is 0 Å².